The molecule has 0 radical (unpaired) electrons. The normalized spacial score (nSPS) is 26.6. The Morgan fingerprint density at radius 3 is 2.47 bits per heavy atom. The summed E-state index contributed by atoms with van der Waals surface area (Å²) in [6, 6.07) is 19.3. The van der Waals surface area contributed by atoms with Crippen molar-refractivity contribution in [3.63, 3.8) is 0 Å². The minimum Gasteiger partial charge on any atom is -0.508 e. The number of aliphatic hydroxyl groups excluding tert-OH is 2. The number of hydrogen-bond acceptors (Lipinski definition) is 13. The summed E-state index contributed by atoms with van der Waals surface area (Å²) in [6.07, 6.45) is 0.870. The first-order valence-corrected chi connectivity index (χ1v) is 18.3. The van der Waals surface area contributed by atoms with Crippen LogP contribution in [-0.2, 0) is 19.1 Å². The van der Waals surface area contributed by atoms with Crippen molar-refractivity contribution in [2.24, 2.45) is 22.6 Å². The van der Waals surface area contributed by atoms with Gasteiger partial charge >= 0.3 is 5.97 Å². The molecule has 1 fully saturated rings. The van der Waals surface area contributed by atoms with Gasteiger partial charge in [0.05, 0.1) is 17.7 Å². The molecule has 1 amide bonds. The number of phenolic OH excluding ortho intramolecular Hbond substituents is 1. The number of allylic oxidation sites excluding steroid dienone is 2. The molecular weight excluding hydrogens is 738 g/mol. The lowest BCUT2D eigenvalue weighted by atomic mass is 9.74. The number of aliphatic hydroxyl groups is 4. The maximum Gasteiger partial charge on any atom is 0.335 e. The lowest BCUT2D eigenvalue weighted by Gasteiger charge is -2.51. The molecule has 0 aromatic heterocycles. The average Bonchev–Trinajstić information content (AvgIpc) is 3.71. The fourth-order valence-corrected chi connectivity index (χ4v) is 7.22. The zero-order chi connectivity index (χ0) is 40.9. The van der Waals surface area contributed by atoms with E-state index in [0.29, 0.717) is 24.9 Å². The maximum atomic E-state index is 12.6. The number of nitrogens with one attached hydrogen (secondary N) is 1. The van der Waals surface area contributed by atoms with Crippen molar-refractivity contribution in [2.45, 2.75) is 55.6 Å². The molecule has 8 atom stereocenters. The van der Waals surface area contributed by atoms with Gasteiger partial charge in [-0.2, -0.15) is 0 Å². The van der Waals surface area contributed by atoms with E-state index in [-0.39, 0.29) is 58.8 Å². The minimum atomic E-state index is -3.12. The number of primary amides is 1. The second kappa shape index (κ2) is 17.1. The third kappa shape index (κ3) is 8.48. The van der Waals surface area contributed by atoms with Crippen LogP contribution in [0, 0.1) is 11.8 Å². The third-order valence-corrected chi connectivity index (χ3v) is 10.6. The van der Waals surface area contributed by atoms with Crippen LogP contribution in [-0.4, -0.2) is 110 Å². The van der Waals surface area contributed by atoms with Gasteiger partial charge in [0.2, 0.25) is 12.4 Å². The standard InChI is InChI=1S/C42H45N3O12/c1-24(6-5-9-25-7-3-2-4-8-25)28(18-26-16-17-44-20-26)21-45-22-41(53)40(57-36(39(51)52)37(49)42(41,54)23-46)55-30-14-15-31-32(19-30)56-35(38(43)50)33(34(31)48)27-10-12-29(47)13-11-27/h2-5,7-16,19-20,23-24,28,35-37,40,45,47-49,53-54H,6,17-18,21-22H2,1H3,(H2,43,50)(H,51,52). The molecule has 0 spiro atoms. The number of amides is 1. The number of benzene rings is 3. The number of aldehydes is 1. The second-order valence-electron chi connectivity index (χ2n) is 14.4. The van der Waals surface area contributed by atoms with Gasteiger partial charge in [0.1, 0.15) is 29.1 Å². The van der Waals surface area contributed by atoms with E-state index in [1.807, 2.05) is 42.5 Å². The number of carbonyl (C=O) groups excluding carboxylic acids is 2. The number of nitrogens with two attached hydrogens (primary N) is 1. The quantitative estimate of drug-likeness (QED) is 0.0975. The van der Waals surface area contributed by atoms with Crippen molar-refractivity contribution in [3.05, 3.63) is 107 Å². The highest BCUT2D eigenvalue weighted by atomic mass is 16.7. The molecule has 3 aliphatic rings. The minimum absolute atomic E-state index is 0.0328. The molecule has 0 bridgehead atoms. The molecule has 3 aliphatic heterocycles. The van der Waals surface area contributed by atoms with Crippen molar-refractivity contribution in [1.29, 1.82) is 0 Å². The summed E-state index contributed by atoms with van der Waals surface area (Å²) in [6.45, 7) is 2.26. The molecule has 8 unspecified atom stereocenters. The van der Waals surface area contributed by atoms with Gasteiger partial charge in [-0.05, 0) is 72.2 Å². The molecule has 3 aromatic carbocycles. The van der Waals surface area contributed by atoms with E-state index < -0.39 is 54.2 Å². The summed E-state index contributed by atoms with van der Waals surface area (Å²) in [5.74, 6) is -3.35. The Kier molecular flexibility index (Phi) is 12.3. The summed E-state index contributed by atoms with van der Waals surface area (Å²) in [5, 5.41) is 68.9. The van der Waals surface area contributed by atoms with Gasteiger partial charge in [0.15, 0.2) is 23.6 Å². The number of carbonyl (C=O) groups is 3. The van der Waals surface area contributed by atoms with Crippen LogP contribution >= 0.6 is 0 Å². The number of fused-ring (bicyclic) bond motifs is 1. The number of aromatic hydroxyl groups is 1. The highest BCUT2D eigenvalue weighted by Gasteiger charge is 2.67. The van der Waals surface area contributed by atoms with E-state index in [1.165, 1.54) is 42.5 Å². The van der Waals surface area contributed by atoms with Crippen LogP contribution in [0.3, 0.4) is 0 Å². The molecule has 0 aliphatic carbocycles. The molecule has 0 saturated carbocycles. The number of hydrogen-bond donors (Lipinski definition) is 8. The molecule has 57 heavy (non-hydrogen) atoms. The Labute approximate surface area is 328 Å². The van der Waals surface area contributed by atoms with Crippen LogP contribution in [0.2, 0.25) is 0 Å². The van der Waals surface area contributed by atoms with Gasteiger partial charge in [-0.3, -0.25) is 14.6 Å². The maximum absolute atomic E-state index is 12.6. The average molecular weight is 784 g/mol. The smallest absolute Gasteiger partial charge is 0.335 e. The van der Waals surface area contributed by atoms with E-state index in [1.54, 1.807) is 6.21 Å². The summed E-state index contributed by atoms with van der Waals surface area (Å²) < 4.78 is 17.4. The predicted molar refractivity (Wildman–Crippen MR) is 208 cm³/mol. The number of aliphatic imine (C=N–C) groups is 1. The summed E-state index contributed by atoms with van der Waals surface area (Å²) >= 11 is 0. The van der Waals surface area contributed by atoms with E-state index in [0.717, 1.165) is 11.1 Å². The number of aliphatic carboxylic acids is 1. The molecule has 6 rings (SSSR count). The number of carboxylic acid groups (broad SMARTS) is 1. The van der Waals surface area contributed by atoms with Gasteiger partial charge in [0.25, 0.3) is 5.91 Å². The molecule has 9 N–H and O–H groups in total. The lowest BCUT2D eigenvalue weighted by molar-refractivity contribution is -0.334. The number of nitrogens with zero attached hydrogens (tertiary/aromatic N) is 1. The summed E-state index contributed by atoms with van der Waals surface area (Å²) in [7, 11) is 0. The van der Waals surface area contributed by atoms with Crippen LogP contribution in [0.4, 0.5) is 0 Å². The zero-order valence-electron chi connectivity index (χ0n) is 31.0. The van der Waals surface area contributed by atoms with Gasteiger partial charge in [-0.15, -0.1) is 0 Å². The van der Waals surface area contributed by atoms with Crippen LogP contribution in [0.5, 0.6) is 17.2 Å². The Bertz CT molecular complexity index is 2080. The first-order chi connectivity index (χ1) is 27.3. The molecule has 15 nitrogen and oxygen atoms in total. The van der Waals surface area contributed by atoms with Crippen LogP contribution in [0.15, 0.2) is 95.5 Å². The molecular formula is C42H45N3O12. The highest BCUT2D eigenvalue weighted by molar-refractivity contribution is 6.03. The first kappa shape index (κ1) is 40.8. The van der Waals surface area contributed by atoms with Gasteiger partial charge in [-0.25, -0.2) is 4.79 Å². The van der Waals surface area contributed by atoms with E-state index in [9.17, 15) is 45.0 Å². The second-order valence-corrected chi connectivity index (χ2v) is 14.4. The first-order valence-electron chi connectivity index (χ1n) is 18.3. The molecule has 3 heterocycles. The topological polar surface area (TPSA) is 251 Å². The van der Waals surface area contributed by atoms with E-state index in [4.69, 9.17) is 19.9 Å². The summed E-state index contributed by atoms with van der Waals surface area (Å²) in [5.41, 5.74) is 2.28. The Morgan fingerprint density at radius 1 is 1.09 bits per heavy atom. The van der Waals surface area contributed by atoms with Crippen LogP contribution in [0.1, 0.15) is 36.5 Å². The summed E-state index contributed by atoms with van der Waals surface area (Å²) in [4.78, 5) is 41.6. The Balaban J connectivity index is 1.27. The largest absolute Gasteiger partial charge is 0.508 e. The number of rotatable bonds is 16. The monoisotopic (exact) mass is 783 g/mol. The highest BCUT2D eigenvalue weighted by Crippen LogP contribution is 2.43. The molecule has 300 valence electrons. The fraction of sp³-hybridized carbons (Fsp3) is 0.333. The van der Waals surface area contributed by atoms with Crippen molar-refractivity contribution in [1.82, 2.24) is 5.32 Å². The number of phenols is 1. The van der Waals surface area contributed by atoms with Gasteiger partial charge in [-0.1, -0.05) is 67.6 Å². The Morgan fingerprint density at radius 2 is 1.82 bits per heavy atom. The third-order valence-electron chi connectivity index (χ3n) is 10.6. The van der Waals surface area contributed by atoms with Crippen LogP contribution in [0.25, 0.3) is 17.4 Å². The fourth-order valence-electron chi connectivity index (χ4n) is 7.22. The molecule has 15 heteroatoms. The molecule has 3 aromatic rings. The Hall–Kier alpha value is -5.84. The number of carboxylic acids is 1. The van der Waals surface area contributed by atoms with Crippen molar-refractivity contribution < 1.29 is 59.2 Å². The zero-order valence-corrected chi connectivity index (χ0v) is 31.0. The van der Waals surface area contributed by atoms with Crippen molar-refractivity contribution in [2.75, 3.05) is 19.6 Å². The van der Waals surface area contributed by atoms with Crippen molar-refractivity contribution in [3.8, 4) is 17.2 Å². The van der Waals surface area contributed by atoms with Gasteiger partial charge < -0.3 is 55.9 Å². The predicted octanol–water partition coefficient (Wildman–Crippen LogP) is 2.62. The van der Waals surface area contributed by atoms with Crippen LogP contribution < -0.4 is 20.5 Å². The van der Waals surface area contributed by atoms with Gasteiger partial charge in [0, 0.05) is 18.8 Å². The van der Waals surface area contributed by atoms with E-state index in [2.05, 4.69) is 23.3 Å². The SMILES string of the molecule is CC(CC=Cc1ccccc1)C(CNCC1(O)C(Oc2ccc3c(c2)OC(C(N)=O)C(c2ccc(O)cc2)=C3O)OC(C(=O)O)C(O)C1(O)C=O)CC1=CCN=C1. The number of ether oxygens (including phenoxy) is 3. The van der Waals surface area contributed by atoms with Crippen molar-refractivity contribution >= 4 is 41.8 Å². The lowest BCUT2D eigenvalue weighted by Crippen LogP contribution is -2.79. The van der Waals surface area contributed by atoms with E-state index >= 15 is 0 Å². The molecule has 1 saturated heterocycles.